The lowest BCUT2D eigenvalue weighted by Crippen LogP contribution is -2.11. The number of halogens is 3. The van der Waals surface area contributed by atoms with Crippen LogP contribution in [-0.2, 0) is 18.0 Å². The molecule has 108 valence electrons. The van der Waals surface area contributed by atoms with Crippen LogP contribution in [-0.4, -0.2) is 20.7 Å². The number of aromatic nitrogens is 1. The van der Waals surface area contributed by atoms with E-state index in [4.69, 9.17) is 5.11 Å². The maximum absolute atomic E-state index is 12.7. The van der Waals surface area contributed by atoms with Crippen LogP contribution < -0.4 is 0 Å². The highest BCUT2D eigenvalue weighted by Gasteiger charge is 2.32. The molecule has 0 fully saturated rings. The van der Waals surface area contributed by atoms with E-state index >= 15 is 0 Å². The minimum absolute atomic E-state index is 0.115. The summed E-state index contributed by atoms with van der Waals surface area (Å²) >= 11 is 0. The molecule has 0 spiro atoms. The molecule has 2 aromatic rings. The molecule has 0 aliphatic carbocycles. The Balaban J connectivity index is 2.75. The third-order valence-corrected chi connectivity index (χ3v) is 3.38. The monoisotopic (exact) mass is 287 g/mol. The lowest BCUT2D eigenvalue weighted by atomic mass is 10.0. The number of benzene rings is 1. The molecule has 1 heterocycles. The van der Waals surface area contributed by atoms with Gasteiger partial charge in [0, 0.05) is 29.2 Å². The number of carbonyl (C=O) groups is 1. The molecule has 2 N–H and O–H groups in total. The van der Waals surface area contributed by atoms with Crippen LogP contribution in [0.3, 0.4) is 0 Å². The summed E-state index contributed by atoms with van der Waals surface area (Å²) in [6, 6.07) is 3.01. The van der Waals surface area contributed by atoms with Crippen molar-refractivity contribution in [3.8, 4) is 0 Å². The smallest absolute Gasteiger partial charge is 0.416 e. The summed E-state index contributed by atoms with van der Waals surface area (Å²) in [5, 5.41) is 18.9. The first-order valence-electron chi connectivity index (χ1n) is 5.71. The fourth-order valence-corrected chi connectivity index (χ4v) is 2.24. The van der Waals surface area contributed by atoms with Crippen LogP contribution in [0.4, 0.5) is 13.2 Å². The van der Waals surface area contributed by atoms with Gasteiger partial charge in [-0.3, -0.25) is 0 Å². The molecule has 0 aliphatic heterocycles. The molecule has 0 saturated carbocycles. The summed E-state index contributed by atoms with van der Waals surface area (Å²) in [7, 11) is 1.52. The number of aliphatic hydroxyl groups is 1. The Morgan fingerprint density at radius 2 is 1.95 bits per heavy atom. The molecule has 1 aromatic carbocycles. The minimum Gasteiger partial charge on any atom is -0.479 e. The van der Waals surface area contributed by atoms with E-state index < -0.39 is 23.8 Å². The van der Waals surface area contributed by atoms with Gasteiger partial charge in [-0.25, -0.2) is 4.79 Å². The number of rotatable bonds is 2. The third kappa shape index (κ3) is 2.14. The second kappa shape index (κ2) is 4.52. The zero-order valence-electron chi connectivity index (χ0n) is 10.7. The summed E-state index contributed by atoms with van der Waals surface area (Å²) < 4.78 is 39.5. The predicted molar refractivity (Wildman–Crippen MR) is 65.3 cm³/mol. The summed E-state index contributed by atoms with van der Waals surface area (Å²) in [6.45, 7) is 1.55. The molecule has 7 heteroatoms. The van der Waals surface area contributed by atoms with Crippen molar-refractivity contribution >= 4 is 16.9 Å². The number of alkyl halides is 3. The molecule has 0 amide bonds. The zero-order chi connectivity index (χ0) is 15.2. The van der Waals surface area contributed by atoms with Gasteiger partial charge in [-0.2, -0.15) is 13.2 Å². The molecular formula is C13H12F3NO3. The number of fused-ring (bicyclic) bond motifs is 1. The van der Waals surface area contributed by atoms with Crippen molar-refractivity contribution < 1.29 is 28.2 Å². The van der Waals surface area contributed by atoms with Gasteiger partial charge >= 0.3 is 12.1 Å². The van der Waals surface area contributed by atoms with E-state index in [1.54, 1.807) is 6.92 Å². The van der Waals surface area contributed by atoms with Crippen LogP contribution in [0.15, 0.2) is 18.2 Å². The molecule has 1 aromatic heterocycles. The van der Waals surface area contributed by atoms with Crippen LogP contribution in [0.25, 0.3) is 10.9 Å². The number of nitrogens with zero attached hydrogens (tertiary/aromatic N) is 1. The van der Waals surface area contributed by atoms with Gasteiger partial charge in [-0.1, -0.05) is 6.07 Å². The Morgan fingerprint density at radius 3 is 2.45 bits per heavy atom. The van der Waals surface area contributed by atoms with E-state index in [9.17, 15) is 23.1 Å². The van der Waals surface area contributed by atoms with Crippen molar-refractivity contribution in [3.05, 3.63) is 35.0 Å². The number of aliphatic carboxylic acids is 1. The van der Waals surface area contributed by atoms with Gasteiger partial charge in [0.15, 0.2) is 6.10 Å². The molecule has 1 unspecified atom stereocenters. The molecule has 0 saturated heterocycles. The summed E-state index contributed by atoms with van der Waals surface area (Å²) in [5.74, 6) is -1.44. The van der Waals surface area contributed by atoms with E-state index in [0.717, 1.165) is 12.1 Å². The van der Waals surface area contributed by atoms with Crippen LogP contribution in [0.2, 0.25) is 0 Å². The third-order valence-electron chi connectivity index (χ3n) is 3.38. The van der Waals surface area contributed by atoms with Gasteiger partial charge in [0.1, 0.15) is 0 Å². The number of hydrogen-bond donors (Lipinski definition) is 2. The van der Waals surface area contributed by atoms with Gasteiger partial charge < -0.3 is 14.8 Å². The predicted octanol–water partition coefficient (Wildman–Crippen LogP) is 2.62. The normalized spacial score (nSPS) is 13.7. The number of carboxylic acids is 1. The van der Waals surface area contributed by atoms with E-state index in [-0.39, 0.29) is 11.1 Å². The zero-order valence-corrected chi connectivity index (χ0v) is 10.7. The average Bonchev–Trinajstić information content (AvgIpc) is 2.60. The molecule has 2 rings (SSSR count). The van der Waals surface area contributed by atoms with Gasteiger partial charge in [-0.05, 0) is 19.1 Å². The lowest BCUT2D eigenvalue weighted by molar-refractivity contribution is -0.147. The highest BCUT2D eigenvalue weighted by atomic mass is 19.4. The van der Waals surface area contributed by atoms with Crippen molar-refractivity contribution in [3.63, 3.8) is 0 Å². The minimum atomic E-state index is -4.47. The fraction of sp³-hybridized carbons (Fsp3) is 0.308. The number of carboxylic acid groups (broad SMARTS) is 1. The molecule has 4 nitrogen and oxygen atoms in total. The summed E-state index contributed by atoms with van der Waals surface area (Å²) in [4.78, 5) is 10.9. The Hall–Kier alpha value is -2.02. The molecule has 0 radical (unpaired) electrons. The first-order chi connectivity index (χ1) is 9.14. The second-order valence-electron chi connectivity index (χ2n) is 4.53. The topological polar surface area (TPSA) is 62.5 Å². The SMILES string of the molecule is Cc1c(C(O)C(=O)O)c2ccc(C(F)(F)F)cc2n1C. The molecule has 20 heavy (non-hydrogen) atoms. The second-order valence-corrected chi connectivity index (χ2v) is 4.53. The molecule has 0 bridgehead atoms. The quantitative estimate of drug-likeness (QED) is 0.892. The van der Waals surface area contributed by atoms with Crippen LogP contribution >= 0.6 is 0 Å². The van der Waals surface area contributed by atoms with Crippen molar-refractivity contribution in [1.82, 2.24) is 4.57 Å². The van der Waals surface area contributed by atoms with Crippen molar-refractivity contribution in [2.24, 2.45) is 7.05 Å². The first-order valence-corrected chi connectivity index (χ1v) is 5.71. The van der Waals surface area contributed by atoms with Gasteiger partial charge in [0.05, 0.1) is 5.56 Å². The average molecular weight is 287 g/mol. The number of aliphatic hydroxyl groups excluding tert-OH is 1. The van der Waals surface area contributed by atoms with Gasteiger partial charge in [0.2, 0.25) is 0 Å². The number of hydrogen-bond acceptors (Lipinski definition) is 2. The molecular weight excluding hydrogens is 275 g/mol. The van der Waals surface area contributed by atoms with Gasteiger partial charge in [-0.15, -0.1) is 0 Å². The largest absolute Gasteiger partial charge is 0.479 e. The first kappa shape index (κ1) is 14.4. The number of aryl methyl sites for hydroxylation is 1. The van der Waals surface area contributed by atoms with Crippen LogP contribution in [0.1, 0.15) is 22.9 Å². The maximum Gasteiger partial charge on any atom is 0.416 e. The summed E-state index contributed by atoms with van der Waals surface area (Å²) in [6.07, 6.45) is -6.24. The Labute approximate surface area is 112 Å². The van der Waals surface area contributed by atoms with Crippen molar-refractivity contribution in [1.29, 1.82) is 0 Å². The van der Waals surface area contributed by atoms with E-state index in [1.165, 1.54) is 17.7 Å². The van der Waals surface area contributed by atoms with Crippen LogP contribution in [0.5, 0.6) is 0 Å². The fourth-order valence-electron chi connectivity index (χ4n) is 2.24. The maximum atomic E-state index is 12.7. The Morgan fingerprint density at radius 1 is 1.35 bits per heavy atom. The highest BCUT2D eigenvalue weighted by Crippen LogP contribution is 2.35. The van der Waals surface area contributed by atoms with Crippen molar-refractivity contribution in [2.45, 2.75) is 19.2 Å². The standard InChI is InChI=1S/C13H12F3NO3/c1-6-10(11(18)12(19)20)8-4-3-7(13(14,15)16)5-9(8)17(6)2/h3-5,11,18H,1-2H3,(H,19,20). The van der Waals surface area contributed by atoms with Crippen molar-refractivity contribution in [2.75, 3.05) is 0 Å². The molecule has 0 aliphatic rings. The van der Waals surface area contributed by atoms with Crippen LogP contribution in [0, 0.1) is 6.92 Å². The Kier molecular flexibility index (Phi) is 3.25. The summed E-state index contributed by atoms with van der Waals surface area (Å²) in [5.41, 5.74) is -0.0625. The Bertz CT molecular complexity index is 688. The lowest BCUT2D eigenvalue weighted by Gasteiger charge is -2.08. The van der Waals surface area contributed by atoms with E-state index in [0.29, 0.717) is 11.1 Å². The van der Waals surface area contributed by atoms with E-state index in [1.807, 2.05) is 0 Å². The van der Waals surface area contributed by atoms with Gasteiger partial charge in [0.25, 0.3) is 0 Å². The van der Waals surface area contributed by atoms with E-state index in [2.05, 4.69) is 0 Å². The molecule has 1 atom stereocenters. The highest BCUT2D eigenvalue weighted by molar-refractivity contribution is 5.91.